The van der Waals surface area contributed by atoms with E-state index in [4.69, 9.17) is 4.74 Å². The summed E-state index contributed by atoms with van der Waals surface area (Å²) in [6, 6.07) is 8.72. The average molecular weight is 315 g/mol. The highest BCUT2D eigenvalue weighted by molar-refractivity contribution is 5.83. The smallest absolute Gasteiger partial charge is 0.256 e. The minimum atomic E-state index is -0.401. The molecule has 3 heterocycles. The lowest BCUT2D eigenvalue weighted by Crippen LogP contribution is -2.49. The van der Waals surface area contributed by atoms with Crippen LogP contribution in [-0.4, -0.2) is 67.6 Å². The first-order valence-electron chi connectivity index (χ1n) is 8.76. The summed E-state index contributed by atoms with van der Waals surface area (Å²) in [4.78, 5) is 17.5. The van der Waals surface area contributed by atoms with Gasteiger partial charge in [-0.1, -0.05) is 24.3 Å². The molecule has 2 atom stereocenters. The zero-order valence-electron chi connectivity index (χ0n) is 13.5. The predicted molar refractivity (Wildman–Crippen MR) is 88.3 cm³/mol. The van der Waals surface area contributed by atoms with Crippen LogP contribution in [0.1, 0.15) is 23.7 Å². The lowest BCUT2D eigenvalue weighted by atomic mass is 9.97. The first-order chi connectivity index (χ1) is 11.3. The van der Waals surface area contributed by atoms with Gasteiger partial charge in [-0.05, 0) is 24.0 Å². The number of carbonyl (C=O) groups excluding carboxylic acids is 1. The van der Waals surface area contributed by atoms with Crippen molar-refractivity contribution in [3.63, 3.8) is 0 Å². The van der Waals surface area contributed by atoms with Crippen molar-refractivity contribution in [3.8, 4) is 0 Å². The lowest BCUT2D eigenvalue weighted by molar-refractivity contribution is -0.144. The highest BCUT2D eigenvalue weighted by atomic mass is 16.5. The third-order valence-corrected chi connectivity index (χ3v) is 5.36. The van der Waals surface area contributed by atoms with E-state index in [1.54, 1.807) is 0 Å². The summed E-state index contributed by atoms with van der Waals surface area (Å²) in [5.41, 5.74) is 2.32. The van der Waals surface area contributed by atoms with E-state index in [0.717, 1.165) is 57.7 Å². The molecular weight excluding hydrogens is 290 g/mol. The number of ether oxygens (including phenoxy) is 1. The van der Waals surface area contributed by atoms with Gasteiger partial charge in [0.2, 0.25) is 0 Å². The fourth-order valence-corrected chi connectivity index (χ4v) is 4.05. The number of amides is 1. The molecule has 5 nitrogen and oxygen atoms in total. The summed E-state index contributed by atoms with van der Waals surface area (Å²) in [5, 5.41) is 3.39. The van der Waals surface area contributed by atoms with Crippen molar-refractivity contribution in [1.82, 2.24) is 15.1 Å². The van der Waals surface area contributed by atoms with Gasteiger partial charge in [-0.3, -0.25) is 9.69 Å². The van der Waals surface area contributed by atoms with Gasteiger partial charge in [-0.2, -0.15) is 0 Å². The molecule has 3 aliphatic heterocycles. The van der Waals surface area contributed by atoms with Gasteiger partial charge < -0.3 is 15.0 Å². The summed E-state index contributed by atoms with van der Waals surface area (Å²) in [5.74, 6) is 0.148. The van der Waals surface area contributed by atoms with Crippen LogP contribution in [0.3, 0.4) is 0 Å². The molecule has 124 valence electrons. The van der Waals surface area contributed by atoms with Gasteiger partial charge in [-0.25, -0.2) is 0 Å². The Kier molecular flexibility index (Phi) is 4.33. The largest absolute Gasteiger partial charge is 0.363 e. The van der Waals surface area contributed by atoms with E-state index in [1.807, 2.05) is 23.1 Å². The zero-order chi connectivity index (χ0) is 15.6. The van der Waals surface area contributed by atoms with Crippen molar-refractivity contribution in [2.24, 2.45) is 0 Å². The van der Waals surface area contributed by atoms with E-state index >= 15 is 0 Å². The van der Waals surface area contributed by atoms with E-state index in [1.165, 1.54) is 5.56 Å². The second kappa shape index (κ2) is 6.59. The van der Waals surface area contributed by atoms with Crippen LogP contribution in [0.5, 0.6) is 0 Å². The molecule has 0 radical (unpaired) electrons. The Labute approximate surface area is 137 Å². The van der Waals surface area contributed by atoms with E-state index in [9.17, 15) is 4.79 Å². The second-order valence-electron chi connectivity index (χ2n) is 6.71. The Balaban J connectivity index is 1.44. The fourth-order valence-electron chi connectivity index (χ4n) is 4.05. The molecule has 0 aliphatic carbocycles. The van der Waals surface area contributed by atoms with Crippen molar-refractivity contribution in [2.45, 2.75) is 25.0 Å². The molecule has 0 spiro atoms. The highest BCUT2D eigenvalue weighted by Gasteiger charge is 2.36. The Morgan fingerprint density at radius 2 is 2.00 bits per heavy atom. The van der Waals surface area contributed by atoms with Crippen LogP contribution < -0.4 is 5.32 Å². The number of piperazine rings is 1. The minimum Gasteiger partial charge on any atom is -0.363 e. The van der Waals surface area contributed by atoms with Gasteiger partial charge in [0.1, 0.15) is 0 Å². The molecule has 5 heteroatoms. The number of benzene rings is 1. The number of likely N-dealkylation sites (tertiary alicyclic amines) is 1. The maximum Gasteiger partial charge on any atom is 0.256 e. The maximum absolute atomic E-state index is 13.0. The molecule has 23 heavy (non-hydrogen) atoms. The van der Waals surface area contributed by atoms with E-state index < -0.39 is 6.10 Å². The second-order valence-corrected chi connectivity index (χ2v) is 6.71. The van der Waals surface area contributed by atoms with Crippen LogP contribution in [0, 0.1) is 0 Å². The lowest BCUT2D eigenvalue weighted by Gasteiger charge is -2.33. The van der Waals surface area contributed by atoms with E-state index in [0.29, 0.717) is 12.6 Å². The Morgan fingerprint density at radius 3 is 2.87 bits per heavy atom. The SMILES string of the molecule is O=C(C1OCCc2ccccc21)N1CCC(N2CCNCC2)C1. The number of nitrogens with one attached hydrogen (secondary N) is 1. The molecule has 1 aromatic carbocycles. The van der Waals surface area contributed by atoms with Crippen LogP contribution >= 0.6 is 0 Å². The molecule has 4 rings (SSSR count). The quantitative estimate of drug-likeness (QED) is 0.877. The first kappa shape index (κ1) is 15.1. The van der Waals surface area contributed by atoms with Crippen LogP contribution in [0.2, 0.25) is 0 Å². The van der Waals surface area contributed by atoms with Gasteiger partial charge >= 0.3 is 0 Å². The zero-order valence-corrected chi connectivity index (χ0v) is 13.5. The predicted octanol–water partition coefficient (Wildman–Crippen LogP) is 0.807. The molecule has 2 unspecified atom stereocenters. The highest BCUT2D eigenvalue weighted by Crippen LogP contribution is 2.30. The van der Waals surface area contributed by atoms with Crippen molar-refractivity contribution in [1.29, 1.82) is 0 Å². The van der Waals surface area contributed by atoms with Crippen molar-refractivity contribution in [3.05, 3.63) is 35.4 Å². The summed E-state index contributed by atoms with van der Waals surface area (Å²) in [6.07, 6.45) is 1.59. The number of hydrogen-bond acceptors (Lipinski definition) is 4. The van der Waals surface area contributed by atoms with Crippen molar-refractivity contribution >= 4 is 5.91 Å². The van der Waals surface area contributed by atoms with Crippen LogP contribution in [-0.2, 0) is 16.0 Å². The number of rotatable bonds is 2. The Hall–Kier alpha value is -1.43. The maximum atomic E-state index is 13.0. The molecule has 1 amide bonds. The van der Waals surface area contributed by atoms with Gasteiger partial charge in [0.25, 0.3) is 5.91 Å². The molecule has 0 aromatic heterocycles. The standard InChI is InChI=1S/C18H25N3O2/c22-18(17-16-4-2-1-3-14(16)6-12-23-17)21-9-5-15(13-21)20-10-7-19-8-11-20/h1-4,15,17,19H,5-13H2. The number of nitrogens with zero attached hydrogens (tertiary/aromatic N) is 2. The summed E-state index contributed by atoms with van der Waals surface area (Å²) in [6.45, 7) is 6.65. The van der Waals surface area contributed by atoms with Gasteiger partial charge in [-0.15, -0.1) is 0 Å². The number of hydrogen-bond donors (Lipinski definition) is 1. The monoisotopic (exact) mass is 315 g/mol. The van der Waals surface area contributed by atoms with E-state index in [-0.39, 0.29) is 5.91 Å². The van der Waals surface area contributed by atoms with Gasteiger partial charge in [0.15, 0.2) is 6.10 Å². The molecular formula is C18H25N3O2. The Morgan fingerprint density at radius 1 is 1.17 bits per heavy atom. The van der Waals surface area contributed by atoms with Crippen molar-refractivity contribution in [2.75, 3.05) is 45.9 Å². The summed E-state index contributed by atoms with van der Waals surface area (Å²) < 4.78 is 5.84. The molecule has 3 aliphatic rings. The molecule has 1 N–H and O–H groups in total. The molecule has 2 fully saturated rings. The van der Waals surface area contributed by atoms with Crippen molar-refractivity contribution < 1.29 is 9.53 Å². The van der Waals surface area contributed by atoms with Crippen LogP contribution in [0.25, 0.3) is 0 Å². The van der Waals surface area contributed by atoms with Crippen LogP contribution in [0.4, 0.5) is 0 Å². The number of carbonyl (C=O) groups is 1. The Bertz CT molecular complexity index is 571. The average Bonchev–Trinajstić information content (AvgIpc) is 3.11. The first-order valence-corrected chi connectivity index (χ1v) is 8.76. The normalized spacial score (nSPS) is 28.6. The van der Waals surface area contributed by atoms with Gasteiger partial charge in [0, 0.05) is 45.3 Å². The fraction of sp³-hybridized carbons (Fsp3) is 0.611. The van der Waals surface area contributed by atoms with Crippen LogP contribution in [0.15, 0.2) is 24.3 Å². The molecule has 0 saturated carbocycles. The minimum absolute atomic E-state index is 0.148. The number of fused-ring (bicyclic) bond motifs is 1. The third kappa shape index (κ3) is 3.01. The third-order valence-electron chi connectivity index (χ3n) is 5.36. The van der Waals surface area contributed by atoms with E-state index in [2.05, 4.69) is 16.3 Å². The summed E-state index contributed by atoms with van der Waals surface area (Å²) >= 11 is 0. The molecule has 0 bridgehead atoms. The molecule has 1 aromatic rings. The molecule has 2 saturated heterocycles. The topological polar surface area (TPSA) is 44.8 Å². The van der Waals surface area contributed by atoms with Gasteiger partial charge in [0.05, 0.1) is 6.61 Å². The summed E-state index contributed by atoms with van der Waals surface area (Å²) in [7, 11) is 0.